The van der Waals surface area contributed by atoms with Gasteiger partial charge >= 0.3 is 0 Å². The summed E-state index contributed by atoms with van der Waals surface area (Å²) < 4.78 is 19.4. The molecule has 2 N–H and O–H groups in total. The first kappa shape index (κ1) is 12.2. The van der Waals surface area contributed by atoms with E-state index in [4.69, 9.17) is 10.5 Å². The molecule has 0 aromatic heterocycles. The van der Waals surface area contributed by atoms with Crippen molar-refractivity contribution in [3.05, 3.63) is 53.3 Å². The highest BCUT2D eigenvalue weighted by molar-refractivity contribution is 5.80. The topological polar surface area (TPSA) is 35.2 Å². The van der Waals surface area contributed by atoms with Crippen molar-refractivity contribution >= 4 is 0 Å². The number of methoxy groups -OCH3 is 1. The summed E-state index contributed by atoms with van der Waals surface area (Å²) in [6.45, 7) is 0.581. The fourth-order valence-corrected chi connectivity index (χ4v) is 2.94. The SMILES string of the molecule is COc1ccc2c(c1)C(CCN)c1cccc(F)c1-2. The second kappa shape index (κ2) is 4.67. The quantitative estimate of drug-likeness (QED) is 0.915. The summed E-state index contributed by atoms with van der Waals surface area (Å²) in [7, 11) is 1.64. The maximum absolute atomic E-state index is 14.1. The second-order valence-corrected chi connectivity index (χ2v) is 4.79. The average molecular weight is 257 g/mol. The van der Waals surface area contributed by atoms with Gasteiger partial charge in [0.05, 0.1) is 7.11 Å². The molecule has 1 atom stereocenters. The highest BCUT2D eigenvalue weighted by Gasteiger charge is 2.30. The Morgan fingerprint density at radius 3 is 2.79 bits per heavy atom. The van der Waals surface area contributed by atoms with Crippen LogP contribution in [0.2, 0.25) is 0 Å². The van der Waals surface area contributed by atoms with Gasteiger partial charge in [-0.3, -0.25) is 0 Å². The monoisotopic (exact) mass is 257 g/mol. The van der Waals surface area contributed by atoms with E-state index in [1.165, 1.54) is 6.07 Å². The van der Waals surface area contributed by atoms with E-state index in [1.54, 1.807) is 13.2 Å². The molecule has 3 heteroatoms. The van der Waals surface area contributed by atoms with Gasteiger partial charge in [-0.15, -0.1) is 0 Å². The fourth-order valence-electron chi connectivity index (χ4n) is 2.94. The van der Waals surface area contributed by atoms with E-state index in [9.17, 15) is 4.39 Å². The van der Waals surface area contributed by atoms with Crippen molar-refractivity contribution in [1.82, 2.24) is 0 Å². The van der Waals surface area contributed by atoms with Crippen LogP contribution in [0.4, 0.5) is 4.39 Å². The Labute approximate surface area is 112 Å². The average Bonchev–Trinajstić information content (AvgIpc) is 2.74. The summed E-state index contributed by atoms with van der Waals surface area (Å²) in [5.41, 5.74) is 9.54. The van der Waals surface area contributed by atoms with Crippen molar-refractivity contribution in [2.24, 2.45) is 5.73 Å². The molecule has 0 fully saturated rings. The van der Waals surface area contributed by atoms with Gasteiger partial charge in [0.15, 0.2) is 0 Å². The lowest BCUT2D eigenvalue weighted by molar-refractivity contribution is 0.414. The van der Waals surface area contributed by atoms with Gasteiger partial charge in [0, 0.05) is 11.5 Å². The van der Waals surface area contributed by atoms with Crippen molar-refractivity contribution in [2.45, 2.75) is 12.3 Å². The summed E-state index contributed by atoms with van der Waals surface area (Å²) in [6.07, 6.45) is 0.816. The van der Waals surface area contributed by atoms with Crippen LogP contribution in [0.25, 0.3) is 11.1 Å². The van der Waals surface area contributed by atoms with E-state index in [0.29, 0.717) is 6.54 Å². The number of fused-ring (bicyclic) bond motifs is 3. The van der Waals surface area contributed by atoms with E-state index in [0.717, 1.165) is 34.4 Å². The molecule has 3 rings (SSSR count). The van der Waals surface area contributed by atoms with Crippen molar-refractivity contribution < 1.29 is 9.13 Å². The summed E-state index contributed by atoms with van der Waals surface area (Å²) in [5.74, 6) is 0.804. The van der Waals surface area contributed by atoms with E-state index in [1.807, 2.05) is 24.3 Å². The Morgan fingerprint density at radius 2 is 2.05 bits per heavy atom. The molecule has 1 aliphatic rings. The molecule has 0 saturated heterocycles. The Hall–Kier alpha value is -1.87. The summed E-state index contributed by atoms with van der Waals surface area (Å²) in [4.78, 5) is 0. The smallest absolute Gasteiger partial charge is 0.131 e. The third kappa shape index (κ3) is 1.81. The van der Waals surface area contributed by atoms with Crippen LogP contribution in [-0.2, 0) is 0 Å². The Bertz CT molecular complexity index is 624. The third-order valence-electron chi connectivity index (χ3n) is 3.78. The van der Waals surface area contributed by atoms with E-state index < -0.39 is 0 Å². The van der Waals surface area contributed by atoms with Gasteiger partial charge in [-0.2, -0.15) is 0 Å². The second-order valence-electron chi connectivity index (χ2n) is 4.79. The molecule has 2 aromatic rings. The molecule has 0 saturated carbocycles. The Balaban J connectivity index is 2.23. The third-order valence-corrected chi connectivity index (χ3v) is 3.78. The van der Waals surface area contributed by atoms with E-state index in [2.05, 4.69) is 0 Å². The number of halogens is 1. The van der Waals surface area contributed by atoms with Gasteiger partial charge in [0.1, 0.15) is 11.6 Å². The van der Waals surface area contributed by atoms with Crippen LogP contribution < -0.4 is 10.5 Å². The lowest BCUT2D eigenvalue weighted by atomic mass is 9.93. The number of benzene rings is 2. The zero-order chi connectivity index (χ0) is 13.4. The first-order valence-electron chi connectivity index (χ1n) is 6.43. The van der Waals surface area contributed by atoms with Crippen molar-refractivity contribution in [3.63, 3.8) is 0 Å². The minimum atomic E-state index is -0.163. The van der Waals surface area contributed by atoms with Gasteiger partial charge < -0.3 is 10.5 Å². The van der Waals surface area contributed by atoms with Crippen LogP contribution in [0.5, 0.6) is 5.75 Å². The molecule has 2 aromatic carbocycles. The predicted molar refractivity (Wildman–Crippen MR) is 73.9 cm³/mol. The van der Waals surface area contributed by atoms with Gasteiger partial charge in [-0.25, -0.2) is 4.39 Å². The maximum Gasteiger partial charge on any atom is 0.131 e. The molecule has 0 spiro atoms. The molecular weight excluding hydrogens is 241 g/mol. The van der Waals surface area contributed by atoms with Crippen molar-refractivity contribution in [2.75, 3.05) is 13.7 Å². The molecule has 0 heterocycles. The molecule has 0 radical (unpaired) electrons. The Kier molecular flexibility index (Phi) is 2.99. The molecular formula is C16H16FNO. The van der Waals surface area contributed by atoms with Crippen LogP contribution >= 0.6 is 0 Å². The zero-order valence-corrected chi connectivity index (χ0v) is 10.8. The summed E-state index contributed by atoms with van der Waals surface area (Å²) in [5, 5.41) is 0. The normalized spacial score (nSPS) is 16.1. The molecule has 0 amide bonds. The highest BCUT2D eigenvalue weighted by Crippen LogP contribution is 2.48. The summed E-state index contributed by atoms with van der Waals surface area (Å²) in [6, 6.07) is 11.1. The highest BCUT2D eigenvalue weighted by atomic mass is 19.1. The largest absolute Gasteiger partial charge is 0.497 e. The van der Waals surface area contributed by atoms with Gasteiger partial charge in [-0.05, 0) is 47.9 Å². The van der Waals surface area contributed by atoms with Crippen LogP contribution in [0, 0.1) is 5.82 Å². The molecule has 98 valence electrons. The number of hydrogen-bond donors (Lipinski definition) is 1. The number of hydrogen-bond acceptors (Lipinski definition) is 2. The van der Waals surface area contributed by atoms with Crippen molar-refractivity contribution in [1.29, 1.82) is 0 Å². The lowest BCUT2D eigenvalue weighted by Gasteiger charge is -2.12. The zero-order valence-electron chi connectivity index (χ0n) is 10.8. The number of rotatable bonds is 3. The maximum atomic E-state index is 14.1. The Morgan fingerprint density at radius 1 is 1.21 bits per heavy atom. The molecule has 1 aliphatic carbocycles. The molecule has 0 bridgehead atoms. The predicted octanol–water partition coefficient (Wildman–Crippen LogP) is 3.30. The van der Waals surface area contributed by atoms with Crippen LogP contribution in [0.3, 0.4) is 0 Å². The minimum absolute atomic E-state index is 0.163. The first-order valence-corrected chi connectivity index (χ1v) is 6.43. The molecule has 2 nitrogen and oxygen atoms in total. The summed E-state index contributed by atoms with van der Waals surface area (Å²) >= 11 is 0. The minimum Gasteiger partial charge on any atom is -0.497 e. The van der Waals surface area contributed by atoms with E-state index in [-0.39, 0.29) is 11.7 Å². The van der Waals surface area contributed by atoms with Gasteiger partial charge in [0.2, 0.25) is 0 Å². The molecule has 19 heavy (non-hydrogen) atoms. The van der Waals surface area contributed by atoms with Crippen LogP contribution in [-0.4, -0.2) is 13.7 Å². The number of nitrogens with two attached hydrogens (primary N) is 1. The van der Waals surface area contributed by atoms with Gasteiger partial charge in [0.25, 0.3) is 0 Å². The van der Waals surface area contributed by atoms with Crippen LogP contribution in [0.1, 0.15) is 23.5 Å². The molecule has 1 unspecified atom stereocenters. The number of ether oxygens (including phenoxy) is 1. The van der Waals surface area contributed by atoms with Crippen LogP contribution in [0.15, 0.2) is 36.4 Å². The fraction of sp³-hybridized carbons (Fsp3) is 0.250. The van der Waals surface area contributed by atoms with E-state index >= 15 is 0 Å². The molecule has 0 aliphatic heterocycles. The van der Waals surface area contributed by atoms with Gasteiger partial charge in [-0.1, -0.05) is 18.2 Å². The standard InChI is InChI=1S/C16H16FNO/c1-19-10-5-6-13-14(9-10)11(7-8-18)12-3-2-4-15(17)16(12)13/h2-6,9,11H,7-8,18H2,1H3. The lowest BCUT2D eigenvalue weighted by Crippen LogP contribution is -2.06. The first-order chi connectivity index (χ1) is 9.26. The van der Waals surface area contributed by atoms with Crippen molar-refractivity contribution in [3.8, 4) is 16.9 Å².